The minimum Gasteiger partial charge on any atom is -0.365 e. The molecular weight excluding hydrogens is 2250 g/mol. The van der Waals surface area contributed by atoms with Crippen LogP contribution in [0.2, 0.25) is 75.3 Å². The molecule has 17 nitrogen and oxygen atoms in total. The average Bonchev–Trinajstić information content (AvgIpc) is 1.53. The average molecular weight is 2340 g/mol. The molecule has 0 radical (unpaired) electrons. The number of hydrogen-bond acceptors (Lipinski definition) is 7. The molecule has 0 saturated carbocycles. The van der Waals surface area contributed by atoms with Crippen molar-refractivity contribution in [2.24, 2.45) is 0 Å². The first-order valence-electron chi connectivity index (χ1n) is 46.1. The van der Waals surface area contributed by atoms with Gasteiger partial charge in [-0.3, -0.25) is 48.9 Å². The van der Waals surface area contributed by atoms with Gasteiger partial charge in [-0.15, -0.1) is 0 Å². The lowest BCUT2D eigenvalue weighted by Crippen LogP contribution is -2.56. The Kier molecular flexibility index (Phi) is 34.7. The highest BCUT2D eigenvalue weighted by atomic mass is 79.9. The molecule has 0 spiro atoms. The Morgan fingerprint density at radius 3 is 0.696 bits per heavy atom. The van der Waals surface area contributed by atoms with Crippen molar-refractivity contribution in [2.75, 3.05) is 49.0 Å². The van der Waals surface area contributed by atoms with E-state index in [0.717, 1.165) is 60.3 Å². The minimum atomic E-state index is -1.72. The van der Waals surface area contributed by atoms with Crippen molar-refractivity contribution in [2.45, 2.75) is 121 Å². The molecule has 5 aliphatic heterocycles. The van der Waals surface area contributed by atoms with Gasteiger partial charge in [0.2, 0.25) is 0 Å². The highest BCUT2D eigenvalue weighted by Crippen LogP contribution is 2.56. The van der Waals surface area contributed by atoms with Gasteiger partial charge in [-0.2, -0.15) is 0 Å². The molecule has 2 unspecified atom stereocenters. The third kappa shape index (κ3) is 23.4. The monoisotopic (exact) mass is 2330 g/mol. The summed E-state index contributed by atoms with van der Waals surface area (Å²) in [6, 6.07) is 106. The van der Waals surface area contributed by atoms with Crippen molar-refractivity contribution in [3.05, 3.63) is 466 Å². The fourth-order valence-electron chi connectivity index (χ4n) is 19.2. The maximum absolute atomic E-state index is 13.8. The van der Waals surface area contributed by atoms with Gasteiger partial charge in [0.1, 0.15) is 5.54 Å². The number of nitrogens with zero attached hydrogens (tertiary/aromatic N) is 10. The van der Waals surface area contributed by atoms with Gasteiger partial charge in [0, 0.05) is 137 Å². The van der Waals surface area contributed by atoms with E-state index in [0.29, 0.717) is 98.6 Å². The number of carbonyl (C=O) groups excluding carboxylic acids is 6. The number of aliphatic hydroxyl groups is 1. The molecule has 5 heterocycles. The molecule has 1 N–H and O–H groups in total. The van der Waals surface area contributed by atoms with Gasteiger partial charge in [-0.1, -0.05) is 245 Å². The van der Waals surface area contributed by atoms with E-state index >= 15 is 0 Å². The van der Waals surface area contributed by atoms with Crippen LogP contribution in [0, 0.1) is 0 Å². The Balaban J connectivity index is 0.000000136. The molecule has 15 aromatic rings. The van der Waals surface area contributed by atoms with Crippen molar-refractivity contribution >= 4 is 283 Å². The van der Waals surface area contributed by atoms with E-state index in [1.165, 1.54) is 14.7 Å². The quantitative estimate of drug-likeness (QED) is 0.106. The summed E-state index contributed by atoms with van der Waals surface area (Å²) in [6.45, 7) is 19.4. The fraction of sp³-hybridized carbons (Fsp3) is 0.165. The Morgan fingerprint density at radius 2 is 0.446 bits per heavy atom. The summed E-state index contributed by atoms with van der Waals surface area (Å²) in [5.74, 6) is -0.292. The van der Waals surface area contributed by atoms with E-state index in [2.05, 4.69) is 57.5 Å². The van der Waals surface area contributed by atoms with Gasteiger partial charge in [0.25, 0.3) is 5.91 Å². The topological polar surface area (TPSA) is 155 Å². The van der Waals surface area contributed by atoms with Crippen molar-refractivity contribution in [1.82, 2.24) is 0 Å². The maximum Gasteiger partial charge on any atom is 0.336 e. The minimum absolute atomic E-state index is 0.121. The number of carbonyl (C=O) groups is 6. The Bertz CT molecular complexity index is 6950. The maximum atomic E-state index is 13.8. The number of imide groups is 1. The first kappa shape index (κ1) is 111. The van der Waals surface area contributed by atoms with Crippen LogP contribution in [0.15, 0.2) is 368 Å². The summed E-state index contributed by atoms with van der Waals surface area (Å²) >= 11 is 94.3. The van der Waals surface area contributed by atoms with Crippen LogP contribution in [0.5, 0.6) is 0 Å². The van der Waals surface area contributed by atoms with E-state index in [1.54, 1.807) is 228 Å². The van der Waals surface area contributed by atoms with Gasteiger partial charge < -0.3 is 5.11 Å². The van der Waals surface area contributed by atoms with Gasteiger partial charge in [-0.25, -0.2) is 28.9 Å². The Hall–Kier alpha value is -10.9. The van der Waals surface area contributed by atoms with Crippen LogP contribution in [-0.2, 0) is 10.5 Å². The lowest BCUT2D eigenvalue weighted by Gasteiger charge is -2.42. The highest BCUT2D eigenvalue weighted by Gasteiger charge is 2.65. The number of rotatable bonds is 14. The fourth-order valence-corrected chi connectivity index (χ4v) is 22.0. The second kappa shape index (κ2) is 46.1. The molecule has 0 aromatic heterocycles. The summed E-state index contributed by atoms with van der Waals surface area (Å²) in [4.78, 5) is 97.0. The smallest absolute Gasteiger partial charge is 0.336 e. The molecule has 0 bridgehead atoms. The highest BCUT2D eigenvalue weighted by molar-refractivity contribution is 9.10. The van der Waals surface area contributed by atoms with Crippen LogP contribution < -0.4 is 49.0 Å². The largest absolute Gasteiger partial charge is 0.365 e. The second-order valence-electron chi connectivity index (χ2n) is 37.5. The molecule has 5 aliphatic rings. The van der Waals surface area contributed by atoms with E-state index in [1.807, 2.05) is 198 Å². The van der Waals surface area contributed by atoms with Crippen LogP contribution in [0.1, 0.15) is 110 Å². The van der Waals surface area contributed by atoms with Crippen LogP contribution in [0.25, 0.3) is 0 Å². The molecule has 0 aliphatic carbocycles. The Labute approximate surface area is 943 Å². The molecule has 11 amide bonds. The first-order chi connectivity index (χ1) is 70.1. The predicted molar refractivity (Wildman–Crippen MR) is 619 cm³/mol. The third-order valence-electron chi connectivity index (χ3n) is 25.9. The van der Waals surface area contributed by atoms with Crippen molar-refractivity contribution in [3.63, 3.8) is 0 Å². The third-order valence-corrected chi connectivity index (χ3v) is 30.1. The van der Waals surface area contributed by atoms with Gasteiger partial charge in [0.15, 0.2) is 5.72 Å². The summed E-state index contributed by atoms with van der Waals surface area (Å²) < 4.78 is 1.02. The lowest BCUT2D eigenvalue weighted by atomic mass is 9.83. The lowest BCUT2D eigenvalue weighted by molar-refractivity contribution is -0.120. The van der Waals surface area contributed by atoms with Gasteiger partial charge >= 0.3 is 30.2 Å². The molecule has 20 rings (SSSR count). The molecular formula is C115H94BrCl15N10O7. The number of benzene rings is 15. The molecule has 5 fully saturated rings. The van der Waals surface area contributed by atoms with Crippen LogP contribution in [-0.4, -0.2) is 68.9 Å². The Morgan fingerprint density at radius 1 is 0.223 bits per heavy atom. The normalized spacial score (nSPS) is 18.1. The molecule has 33 heteroatoms. The molecule has 15 aromatic carbocycles. The molecule has 5 saturated heterocycles. The van der Waals surface area contributed by atoms with Crippen LogP contribution in [0.3, 0.4) is 0 Å². The number of hydrogen-bond donors (Lipinski definition) is 1. The van der Waals surface area contributed by atoms with Crippen molar-refractivity contribution in [3.8, 4) is 0 Å². The molecule has 148 heavy (non-hydrogen) atoms. The van der Waals surface area contributed by atoms with Crippen molar-refractivity contribution in [1.29, 1.82) is 0 Å². The zero-order valence-corrected chi connectivity index (χ0v) is 93.7. The van der Waals surface area contributed by atoms with Crippen LogP contribution >= 0.6 is 190 Å². The van der Waals surface area contributed by atoms with E-state index < -0.39 is 39.5 Å². The molecule has 758 valence electrons. The standard InChI is InChI=1S/C23H19Cl3N2O2.3C23H19Cl3N2O.C17H14Cl2N2O2.C6H4BrCl/c1-22(2)23(30,15-4-3-5-18(26)14-15)28(20-12-8-17(25)9-13-20)21(29)27(22)19-10-6-16(24)7-11-19;3*1-23(2)21(15-4-3-5-18(26)14-15)27(19-10-6-16(24)7-11-19)22(29)28(23)20-12-8-17(25)9-13-20;1-17(2)15(22)20(13-7-3-11(18)4-8-13)16(23)21(17)14-9-5-12(19)6-10-14;7-5-2-1-3-6(8)4-5/h3-14,30H,1-2H3;3*3-14,21H,1-2H3;3-10H,1-2H3;1-4H/t;2*21-;;;/m.10.../s1. The first-order valence-corrected chi connectivity index (χ1v) is 52.5. The van der Waals surface area contributed by atoms with Gasteiger partial charge in [-0.05, 0) is 395 Å². The number of amides is 11. The summed E-state index contributed by atoms with van der Waals surface area (Å²) in [6.07, 6.45) is 0. The van der Waals surface area contributed by atoms with E-state index in [-0.39, 0.29) is 48.2 Å². The zero-order valence-electron chi connectivity index (χ0n) is 80.8. The van der Waals surface area contributed by atoms with Crippen LogP contribution in [0.4, 0.5) is 80.8 Å². The summed E-state index contributed by atoms with van der Waals surface area (Å²) in [5.41, 5.74) is 4.83. The summed E-state index contributed by atoms with van der Waals surface area (Å²) in [7, 11) is 0. The van der Waals surface area contributed by atoms with Gasteiger partial charge in [0.05, 0.1) is 46.0 Å². The summed E-state index contributed by atoms with van der Waals surface area (Å²) in [5, 5.41) is 21.3. The van der Waals surface area contributed by atoms with Crippen molar-refractivity contribution < 1.29 is 33.9 Å². The number of halogens is 16. The number of urea groups is 5. The predicted octanol–water partition coefficient (Wildman–Crippen LogP) is 37.4. The number of anilines is 10. The SMILES string of the molecule is CC1(C)C(=O)N(c2ccc(Cl)cc2)C(=O)N1c1ccc(Cl)cc1.CC1(C)C(c2cccc(Cl)c2)N(c2ccc(Cl)cc2)C(=O)N1c1ccc(Cl)cc1.CC1(C)N(c2ccc(Cl)cc2)C(=O)N(c2ccc(Cl)cc2)C1(O)c1cccc(Cl)c1.CC1(C)[C@@H](c2cccc(Cl)c2)N(c2ccc(Cl)cc2)C(=O)N1c1ccc(Cl)cc1.CC1(C)[C@H](c2cccc(Cl)c2)N(c2ccc(Cl)cc2)C(=O)N1c1ccc(Cl)cc1.Clc1cccc(Br)c1. The van der Waals surface area contributed by atoms with E-state index in [9.17, 15) is 33.9 Å². The van der Waals surface area contributed by atoms with E-state index in [4.69, 9.17) is 174 Å². The molecule has 4 atom stereocenters. The zero-order chi connectivity index (χ0) is 107. The second-order valence-corrected chi connectivity index (χ2v) is 45.0.